The van der Waals surface area contributed by atoms with E-state index in [0.717, 1.165) is 23.3 Å². The molecule has 0 radical (unpaired) electrons. The Balaban J connectivity index is 1.56. The maximum atomic E-state index is 13.5. The van der Waals surface area contributed by atoms with Crippen molar-refractivity contribution >= 4 is 5.91 Å². The van der Waals surface area contributed by atoms with E-state index in [9.17, 15) is 13.6 Å². The van der Waals surface area contributed by atoms with Crippen molar-refractivity contribution in [1.82, 2.24) is 15.3 Å². The molecule has 0 fully saturated rings. The normalized spacial score (nSPS) is 10.5. The van der Waals surface area contributed by atoms with Gasteiger partial charge >= 0.3 is 0 Å². The Labute approximate surface area is 143 Å². The number of nitrogens with one attached hydrogen (secondary N) is 1. The van der Waals surface area contributed by atoms with Crippen LogP contribution in [-0.2, 0) is 6.42 Å². The molecule has 0 saturated carbocycles. The van der Waals surface area contributed by atoms with Gasteiger partial charge in [0.15, 0.2) is 5.82 Å². The zero-order valence-corrected chi connectivity index (χ0v) is 13.2. The number of halogens is 2. The summed E-state index contributed by atoms with van der Waals surface area (Å²) in [7, 11) is 0. The van der Waals surface area contributed by atoms with Gasteiger partial charge in [-0.1, -0.05) is 30.3 Å². The van der Waals surface area contributed by atoms with Crippen molar-refractivity contribution in [3.8, 4) is 11.4 Å². The van der Waals surface area contributed by atoms with Crippen molar-refractivity contribution in [3.63, 3.8) is 0 Å². The zero-order chi connectivity index (χ0) is 17.6. The van der Waals surface area contributed by atoms with Crippen LogP contribution in [0.4, 0.5) is 8.78 Å². The summed E-state index contributed by atoms with van der Waals surface area (Å²) in [5.41, 5.74) is 1.59. The molecule has 0 unspecified atom stereocenters. The first-order valence-electron chi connectivity index (χ1n) is 7.73. The molecule has 0 aliphatic rings. The summed E-state index contributed by atoms with van der Waals surface area (Å²) in [6.07, 6.45) is 3.89. The monoisotopic (exact) mass is 339 g/mol. The summed E-state index contributed by atoms with van der Waals surface area (Å²) in [6, 6.07) is 12.5. The number of rotatable bonds is 5. The van der Waals surface area contributed by atoms with Crippen molar-refractivity contribution in [2.75, 3.05) is 6.54 Å². The minimum absolute atomic E-state index is 0.183. The average Bonchev–Trinajstić information content (AvgIpc) is 2.63. The molecule has 126 valence electrons. The van der Waals surface area contributed by atoms with Gasteiger partial charge in [0.25, 0.3) is 5.91 Å². The third-order valence-electron chi connectivity index (χ3n) is 3.61. The average molecular weight is 339 g/mol. The van der Waals surface area contributed by atoms with Crippen LogP contribution < -0.4 is 5.32 Å². The Morgan fingerprint density at radius 2 is 1.72 bits per heavy atom. The van der Waals surface area contributed by atoms with Crippen LogP contribution >= 0.6 is 0 Å². The second-order valence-electron chi connectivity index (χ2n) is 5.41. The molecule has 1 amide bonds. The van der Waals surface area contributed by atoms with Crippen molar-refractivity contribution in [2.45, 2.75) is 6.42 Å². The fraction of sp³-hybridized carbons (Fsp3) is 0.105. The summed E-state index contributed by atoms with van der Waals surface area (Å²) in [4.78, 5) is 20.5. The van der Waals surface area contributed by atoms with Gasteiger partial charge in [-0.25, -0.2) is 18.7 Å². The first kappa shape index (κ1) is 16.7. The molecule has 0 atom stereocenters. The molecule has 0 bridgehead atoms. The number of hydrogen-bond donors (Lipinski definition) is 1. The number of amides is 1. The van der Waals surface area contributed by atoms with Crippen LogP contribution in [0, 0.1) is 11.6 Å². The second kappa shape index (κ2) is 7.61. The smallest absolute Gasteiger partial charge is 0.254 e. The summed E-state index contributed by atoms with van der Waals surface area (Å²) in [5.74, 6) is -1.56. The lowest BCUT2D eigenvalue weighted by molar-refractivity contribution is 0.0950. The molecule has 0 aliphatic carbocycles. The Bertz CT molecular complexity index is 868. The minimum atomic E-state index is -0.881. The highest BCUT2D eigenvalue weighted by Gasteiger charge is 2.11. The quantitative estimate of drug-likeness (QED) is 0.775. The third-order valence-corrected chi connectivity index (χ3v) is 3.61. The molecular formula is C19H15F2N3O. The Kier molecular flexibility index (Phi) is 5.09. The van der Waals surface area contributed by atoms with E-state index in [1.54, 1.807) is 12.4 Å². The fourth-order valence-corrected chi connectivity index (χ4v) is 2.31. The summed E-state index contributed by atoms with van der Waals surface area (Å²) >= 11 is 0. The maximum absolute atomic E-state index is 13.5. The standard InChI is InChI=1S/C19H15F2N3O/c20-15-6-7-16(17(21)10-15)19(25)22-9-8-13-11-23-18(24-12-13)14-4-2-1-3-5-14/h1-7,10-12H,8-9H2,(H,22,25). The van der Waals surface area contributed by atoms with Crippen molar-refractivity contribution in [1.29, 1.82) is 0 Å². The Hall–Kier alpha value is -3.15. The van der Waals surface area contributed by atoms with E-state index in [1.807, 2.05) is 30.3 Å². The zero-order valence-electron chi connectivity index (χ0n) is 13.2. The Morgan fingerprint density at radius 1 is 1.00 bits per heavy atom. The van der Waals surface area contributed by atoms with Gasteiger partial charge in [-0.3, -0.25) is 4.79 Å². The lowest BCUT2D eigenvalue weighted by Gasteiger charge is -2.07. The molecule has 0 aliphatic heterocycles. The van der Waals surface area contributed by atoms with Gasteiger partial charge < -0.3 is 5.32 Å². The molecule has 0 spiro atoms. The molecule has 1 aromatic heterocycles. The maximum Gasteiger partial charge on any atom is 0.254 e. The van der Waals surface area contributed by atoms with Crippen LogP contribution in [-0.4, -0.2) is 22.4 Å². The van der Waals surface area contributed by atoms with E-state index in [0.29, 0.717) is 24.9 Å². The molecular weight excluding hydrogens is 324 g/mol. The highest BCUT2D eigenvalue weighted by atomic mass is 19.1. The van der Waals surface area contributed by atoms with Crippen LogP contribution in [0.2, 0.25) is 0 Å². The molecule has 0 saturated heterocycles. The van der Waals surface area contributed by atoms with Gasteiger partial charge in [-0.05, 0) is 24.1 Å². The molecule has 1 N–H and O–H groups in total. The SMILES string of the molecule is O=C(NCCc1cnc(-c2ccccc2)nc1)c1ccc(F)cc1F. The van der Waals surface area contributed by atoms with Crippen molar-refractivity contribution in [2.24, 2.45) is 0 Å². The summed E-state index contributed by atoms with van der Waals surface area (Å²) < 4.78 is 26.4. The number of benzene rings is 2. The highest BCUT2D eigenvalue weighted by molar-refractivity contribution is 5.94. The van der Waals surface area contributed by atoms with Crippen LogP contribution in [0.3, 0.4) is 0 Å². The number of carbonyl (C=O) groups is 1. The number of aromatic nitrogens is 2. The molecule has 1 heterocycles. The molecule has 3 rings (SSSR count). The molecule has 2 aromatic carbocycles. The minimum Gasteiger partial charge on any atom is -0.352 e. The second-order valence-corrected chi connectivity index (χ2v) is 5.41. The number of nitrogens with zero attached hydrogens (tertiary/aromatic N) is 2. The van der Waals surface area contributed by atoms with Gasteiger partial charge in [0.1, 0.15) is 11.6 Å². The van der Waals surface area contributed by atoms with E-state index >= 15 is 0 Å². The lowest BCUT2D eigenvalue weighted by Crippen LogP contribution is -2.26. The van der Waals surface area contributed by atoms with Gasteiger partial charge in [0, 0.05) is 30.6 Å². The summed E-state index contributed by atoms with van der Waals surface area (Å²) in [5, 5.41) is 2.60. The predicted molar refractivity (Wildman–Crippen MR) is 89.9 cm³/mol. The van der Waals surface area contributed by atoms with Gasteiger partial charge in [-0.2, -0.15) is 0 Å². The van der Waals surface area contributed by atoms with Crippen molar-refractivity contribution in [3.05, 3.63) is 83.7 Å². The van der Waals surface area contributed by atoms with Gasteiger partial charge in [0.2, 0.25) is 0 Å². The van der Waals surface area contributed by atoms with E-state index in [4.69, 9.17) is 0 Å². The third kappa shape index (κ3) is 4.23. The van der Waals surface area contributed by atoms with Crippen LogP contribution in [0.1, 0.15) is 15.9 Å². The molecule has 4 nitrogen and oxygen atoms in total. The van der Waals surface area contributed by atoms with E-state index in [1.165, 1.54) is 0 Å². The first-order valence-corrected chi connectivity index (χ1v) is 7.73. The van der Waals surface area contributed by atoms with E-state index in [-0.39, 0.29) is 5.56 Å². The Morgan fingerprint density at radius 3 is 2.40 bits per heavy atom. The molecule has 6 heteroatoms. The predicted octanol–water partition coefficient (Wildman–Crippen LogP) is 3.39. The largest absolute Gasteiger partial charge is 0.352 e. The lowest BCUT2D eigenvalue weighted by atomic mass is 10.2. The number of hydrogen-bond acceptors (Lipinski definition) is 3. The molecule has 3 aromatic rings. The van der Waals surface area contributed by atoms with E-state index < -0.39 is 17.5 Å². The van der Waals surface area contributed by atoms with Crippen LogP contribution in [0.15, 0.2) is 60.9 Å². The van der Waals surface area contributed by atoms with Crippen LogP contribution in [0.25, 0.3) is 11.4 Å². The first-order chi connectivity index (χ1) is 12.1. The molecule has 25 heavy (non-hydrogen) atoms. The van der Waals surface area contributed by atoms with Crippen LogP contribution in [0.5, 0.6) is 0 Å². The van der Waals surface area contributed by atoms with Gasteiger partial charge in [-0.15, -0.1) is 0 Å². The van der Waals surface area contributed by atoms with Gasteiger partial charge in [0.05, 0.1) is 5.56 Å². The topological polar surface area (TPSA) is 54.9 Å². The highest BCUT2D eigenvalue weighted by Crippen LogP contribution is 2.13. The number of carbonyl (C=O) groups excluding carboxylic acids is 1. The van der Waals surface area contributed by atoms with E-state index in [2.05, 4.69) is 15.3 Å². The van der Waals surface area contributed by atoms with Crippen molar-refractivity contribution < 1.29 is 13.6 Å². The summed E-state index contributed by atoms with van der Waals surface area (Å²) in [6.45, 7) is 0.295. The fourth-order valence-electron chi connectivity index (χ4n) is 2.31.